The fourth-order valence-corrected chi connectivity index (χ4v) is 2.05. The molecular formula is C13H19NO4S. The average Bonchev–Trinajstić information content (AvgIpc) is 2.27. The topological polar surface area (TPSA) is 72.5 Å². The van der Waals surface area contributed by atoms with E-state index in [0.29, 0.717) is 23.7 Å². The van der Waals surface area contributed by atoms with E-state index in [1.807, 2.05) is 13.8 Å². The van der Waals surface area contributed by atoms with Crippen LogP contribution >= 0.6 is 0 Å². The van der Waals surface area contributed by atoms with Crippen molar-refractivity contribution in [2.75, 3.05) is 12.9 Å². The van der Waals surface area contributed by atoms with Gasteiger partial charge in [-0.3, -0.25) is 9.63 Å². The van der Waals surface area contributed by atoms with Crippen LogP contribution in [-0.2, 0) is 14.7 Å². The Morgan fingerprint density at radius 2 is 2.00 bits per heavy atom. The van der Waals surface area contributed by atoms with Crippen molar-refractivity contribution in [2.24, 2.45) is 5.92 Å². The van der Waals surface area contributed by atoms with Crippen molar-refractivity contribution in [2.45, 2.75) is 25.7 Å². The van der Waals surface area contributed by atoms with Gasteiger partial charge < -0.3 is 0 Å². The van der Waals surface area contributed by atoms with E-state index in [4.69, 9.17) is 4.84 Å². The summed E-state index contributed by atoms with van der Waals surface area (Å²) in [6.07, 6.45) is 1.11. The van der Waals surface area contributed by atoms with Gasteiger partial charge in [-0.2, -0.15) is 0 Å². The number of benzene rings is 1. The molecule has 0 saturated heterocycles. The van der Waals surface area contributed by atoms with Crippen LogP contribution in [0.25, 0.3) is 0 Å². The van der Waals surface area contributed by atoms with Gasteiger partial charge in [-0.05, 0) is 30.5 Å². The zero-order chi connectivity index (χ0) is 14.6. The molecule has 0 aliphatic heterocycles. The summed E-state index contributed by atoms with van der Waals surface area (Å²) in [7, 11) is -3.33. The summed E-state index contributed by atoms with van der Waals surface area (Å²) in [5, 5.41) is 0. The van der Waals surface area contributed by atoms with E-state index in [1.54, 1.807) is 13.0 Å². The van der Waals surface area contributed by atoms with Crippen LogP contribution in [0, 0.1) is 12.8 Å². The van der Waals surface area contributed by atoms with Gasteiger partial charge in [-0.25, -0.2) is 13.9 Å². The SMILES string of the molecule is Cc1ccc(S(C)(=O)=O)cc1C(=O)NOCC(C)C. The maximum atomic E-state index is 11.9. The van der Waals surface area contributed by atoms with E-state index < -0.39 is 15.7 Å². The fourth-order valence-electron chi connectivity index (χ4n) is 1.41. The van der Waals surface area contributed by atoms with E-state index >= 15 is 0 Å². The lowest BCUT2D eigenvalue weighted by Crippen LogP contribution is -2.26. The molecule has 6 heteroatoms. The Balaban J connectivity index is 2.90. The second kappa shape index (κ2) is 6.16. The molecule has 19 heavy (non-hydrogen) atoms. The molecule has 106 valence electrons. The molecule has 1 aromatic rings. The molecule has 0 radical (unpaired) electrons. The first-order valence-electron chi connectivity index (χ1n) is 5.94. The number of nitrogens with one attached hydrogen (secondary N) is 1. The first-order chi connectivity index (χ1) is 8.71. The maximum Gasteiger partial charge on any atom is 0.275 e. The molecule has 0 bridgehead atoms. The standard InChI is InChI=1S/C13H19NO4S/c1-9(2)8-18-14-13(15)12-7-11(19(4,16)17)6-5-10(12)3/h5-7,9H,8H2,1-4H3,(H,14,15). The van der Waals surface area contributed by atoms with Crippen molar-refractivity contribution in [3.63, 3.8) is 0 Å². The van der Waals surface area contributed by atoms with Crippen LogP contribution in [0.15, 0.2) is 23.1 Å². The minimum absolute atomic E-state index is 0.118. The average molecular weight is 285 g/mol. The van der Waals surface area contributed by atoms with Gasteiger partial charge in [0.25, 0.3) is 5.91 Å². The van der Waals surface area contributed by atoms with Gasteiger partial charge in [0.05, 0.1) is 11.5 Å². The first kappa shape index (κ1) is 15.7. The van der Waals surface area contributed by atoms with Gasteiger partial charge >= 0.3 is 0 Å². The minimum atomic E-state index is -3.33. The second-order valence-corrected chi connectivity index (χ2v) is 6.90. The third kappa shape index (κ3) is 4.65. The van der Waals surface area contributed by atoms with Crippen LogP contribution in [0.1, 0.15) is 29.8 Å². The highest BCUT2D eigenvalue weighted by atomic mass is 32.2. The maximum absolute atomic E-state index is 11.9. The smallest absolute Gasteiger partial charge is 0.273 e. The first-order valence-corrected chi connectivity index (χ1v) is 7.84. The van der Waals surface area contributed by atoms with Gasteiger partial charge in [-0.1, -0.05) is 19.9 Å². The second-order valence-electron chi connectivity index (χ2n) is 4.88. The summed E-state index contributed by atoms with van der Waals surface area (Å²) in [4.78, 5) is 17.1. The molecule has 1 amide bonds. The molecule has 0 fully saturated rings. The lowest BCUT2D eigenvalue weighted by atomic mass is 10.1. The number of hydroxylamine groups is 1. The third-order valence-electron chi connectivity index (χ3n) is 2.46. The molecule has 0 atom stereocenters. The highest BCUT2D eigenvalue weighted by Crippen LogP contribution is 2.15. The number of sulfone groups is 1. The van der Waals surface area contributed by atoms with Gasteiger partial charge in [-0.15, -0.1) is 0 Å². The molecule has 1 rings (SSSR count). The number of hydrogen-bond acceptors (Lipinski definition) is 4. The molecule has 0 spiro atoms. The fraction of sp³-hybridized carbons (Fsp3) is 0.462. The summed E-state index contributed by atoms with van der Waals surface area (Å²) in [6, 6.07) is 4.45. The Morgan fingerprint density at radius 1 is 1.37 bits per heavy atom. The van der Waals surface area contributed by atoms with Crippen molar-refractivity contribution >= 4 is 15.7 Å². The van der Waals surface area contributed by atoms with Gasteiger partial charge in [0.2, 0.25) is 0 Å². The van der Waals surface area contributed by atoms with E-state index in [1.165, 1.54) is 12.1 Å². The molecule has 0 saturated carbocycles. The summed E-state index contributed by atoms with van der Waals surface area (Å²) in [5.41, 5.74) is 3.31. The summed E-state index contributed by atoms with van der Waals surface area (Å²) < 4.78 is 22.9. The summed E-state index contributed by atoms with van der Waals surface area (Å²) >= 11 is 0. The van der Waals surface area contributed by atoms with E-state index in [9.17, 15) is 13.2 Å². The molecule has 5 nitrogen and oxygen atoms in total. The molecule has 0 heterocycles. The zero-order valence-corrected chi connectivity index (χ0v) is 12.4. The molecule has 0 aromatic heterocycles. The van der Waals surface area contributed by atoms with Crippen LogP contribution in [-0.4, -0.2) is 27.2 Å². The lowest BCUT2D eigenvalue weighted by Gasteiger charge is -2.10. The van der Waals surface area contributed by atoms with Gasteiger partial charge in [0, 0.05) is 11.8 Å². The molecule has 1 N–H and O–H groups in total. The third-order valence-corrected chi connectivity index (χ3v) is 3.57. The van der Waals surface area contributed by atoms with Crippen molar-refractivity contribution in [3.05, 3.63) is 29.3 Å². The van der Waals surface area contributed by atoms with Crippen molar-refractivity contribution in [1.82, 2.24) is 5.48 Å². The number of rotatable bonds is 5. The number of aryl methyl sites for hydroxylation is 1. The Labute approximate surface area is 113 Å². The summed E-state index contributed by atoms with van der Waals surface area (Å²) in [5.74, 6) is -0.146. The Hall–Kier alpha value is -1.40. The number of carbonyl (C=O) groups is 1. The quantitative estimate of drug-likeness (QED) is 0.836. The molecule has 0 aliphatic carbocycles. The van der Waals surface area contributed by atoms with Crippen LogP contribution in [0.2, 0.25) is 0 Å². The van der Waals surface area contributed by atoms with Crippen molar-refractivity contribution in [1.29, 1.82) is 0 Å². The summed E-state index contributed by atoms with van der Waals surface area (Å²) in [6.45, 7) is 6.06. The Kier molecular flexibility index (Phi) is 5.08. The molecule has 0 aliphatic rings. The van der Waals surface area contributed by atoms with E-state index in [-0.39, 0.29) is 4.90 Å². The number of amides is 1. The zero-order valence-electron chi connectivity index (χ0n) is 11.6. The van der Waals surface area contributed by atoms with Gasteiger partial charge in [0.1, 0.15) is 0 Å². The largest absolute Gasteiger partial charge is 0.275 e. The Bertz CT molecular complexity index is 564. The highest BCUT2D eigenvalue weighted by molar-refractivity contribution is 7.90. The van der Waals surface area contributed by atoms with Crippen LogP contribution < -0.4 is 5.48 Å². The number of carbonyl (C=O) groups excluding carboxylic acids is 1. The van der Waals surface area contributed by atoms with Crippen LogP contribution in [0.4, 0.5) is 0 Å². The van der Waals surface area contributed by atoms with Crippen molar-refractivity contribution in [3.8, 4) is 0 Å². The molecule has 0 unspecified atom stereocenters. The van der Waals surface area contributed by atoms with Crippen LogP contribution in [0.5, 0.6) is 0 Å². The lowest BCUT2D eigenvalue weighted by molar-refractivity contribution is 0.0208. The predicted octanol–water partition coefficient (Wildman–Crippen LogP) is 1.72. The molecule has 1 aromatic carbocycles. The van der Waals surface area contributed by atoms with E-state index in [2.05, 4.69) is 5.48 Å². The van der Waals surface area contributed by atoms with Gasteiger partial charge in [0.15, 0.2) is 9.84 Å². The van der Waals surface area contributed by atoms with E-state index in [0.717, 1.165) is 6.26 Å². The molecular weight excluding hydrogens is 266 g/mol. The monoisotopic (exact) mass is 285 g/mol. The normalized spacial score (nSPS) is 11.6. The van der Waals surface area contributed by atoms with Crippen molar-refractivity contribution < 1.29 is 18.0 Å². The Morgan fingerprint density at radius 3 is 2.53 bits per heavy atom. The number of hydrogen-bond donors (Lipinski definition) is 1. The van der Waals surface area contributed by atoms with Crippen LogP contribution in [0.3, 0.4) is 0 Å². The highest BCUT2D eigenvalue weighted by Gasteiger charge is 2.14. The predicted molar refractivity (Wildman–Crippen MR) is 72.5 cm³/mol. The minimum Gasteiger partial charge on any atom is -0.273 e.